The lowest BCUT2D eigenvalue weighted by molar-refractivity contribution is 1.50. The average Bonchev–Trinajstić information content (AvgIpc) is 3.33. The minimum Gasteiger partial charge on any atom is -0.192 e. The van der Waals surface area contributed by atoms with E-state index in [4.69, 9.17) is 0 Å². The second kappa shape index (κ2) is 7.64. The van der Waals surface area contributed by atoms with E-state index in [1.54, 1.807) is 11.3 Å². The first-order valence-corrected chi connectivity index (χ1v) is 13.2. The Balaban J connectivity index is 1.33. The minimum atomic E-state index is 0.705. The molecule has 37 heavy (non-hydrogen) atoms. The summed E-state index contributed by atoms with van der Waals surface area (Å²) in [5.74, 6) is 0. The summed E-state index contributed by atoms with van der Waals surface area (Å²) in [5.41, 5.74) is 5.62. The summed E-state index contributed by atoms with van der Waals surface area (Å²) >= 11 is 1.78. The van der Waals surface area contributed by atoms with Crippen LogP contribution < -0.4 is 0 Å². The Labute approximate surface area is 217 Å². The molecule has 1 aromatic heterocycles. The zero-order chi connectivity index (χ0) is 24.5. The first-order valence-electron chi connectivity index (χ1n) is 12.4. The normalized spacial score (nSPS) is 11.8. The number of fused-ring (bicyclic) bond motifs is 3. The van der Waals surface area contributed by atoms with Gasteiger partial charge in [-0.3, -0.25) is 0 Å². The van der Waals surface area contributed by atoms with Gasteiger partial charge in [-0.1, -0.05) is 60.7 Å². The first kappa shape index (κ1) is 20.5. The van der Waals surface area contributed by atoms with E-state index in [9.17, 15) is 5.26 Å². The second-order valence-electron chi connectivity index (χ2n) is 9.73. The van der Waals surface area contributed by atoms with Gasteiger partial charge in [-0.05, 0) is 109 Å². The van der Waals surface area contributed by atoms with Crippen LogP contribution in [0.5, 0.6) is 0 Å². The molecule has 0 spiro atoms. The number of thiophene rings is 1. The molecule has 1 nitrogen and oxygen atoms in total. The molecule has 7 aromatic carbocycles. The Kier molecular flexibility index (Phi) is 4.23. The molecule has 0 saturated carbocycles. The predicted molar refractivity (Wildman–Crippen MR) is 159 cm³/mol. The van der Waals surface area contributed by atoms with Crippen LogP contribution in [0.1, 0.15) is 5.56 Å². The Morgan fingerprint density at radius 1 is 0.459 bits per heavy atom. The Bertz CT molecular complexity index is 2130. The lowest BCUT2D eigenvalue weighted by atomic mass is 9.89. The third kappa shape index (κ3) is 3.08. The Morgan fingerprint density at radius 2 is 1.00 bits per heavy atom. The average molecular weight is 486 g/mol. The molecule has 8 rings (SSSR count). The van der Waals surface area contributed by atoms with Crippen molar-refractivity contribution in [3.8, 4) is 28.3 Å². The van der Waals surface area contributed by atoms with Crippen LogP contribution in [0.3, 0.4) is 0 Å². The van der Waals surface area contributed by atoms with Gasteiger partial charge in [0.2, 0.25) is 0 Å². The van der Waals surface area contributed by atoms with Gasteiger partial charge in [0.25, 0.3) is 0 Å². The molecule has 0 fully saturated rings. The SMILES string of the molecule is N#Cc1ccc2sc3ccc(-c4cc5ccc6cc(-c7ccccc7)cc7ccc(c4)c5c67)cc3c2c1. The molecule has 0 radical (unpaired) electrons. The van der Waals surface area contributed by atoms with Crippen LogP contribution in [-0.2, 0) is 0 Å². The lowest BCUT2D eigenvalue weighted by Gasteiger charge is -2.14. The summed E-state index contributed by atoms with van der Waals surface area (Å²) in [4.78, 5) is 0. The highest BCUT2D eigenvalue weighted by molar-refractivity contribution is 7.25. The van der Waals surface area contributed by atoms with Crippen molar-refractivity contribution in [3.63, 3.8) is 0 Å². The number of benzene rings is 7. The van der Waals surface area contributed by atoms with E-state index in [0.717, 1.165) is 5.39 Å². The molecule has 1 heterocycles. The topological polar surface area (TPSA) is 23.8 Å². The number of hydrogen-bond donors (Lipinski definition) is 0. The summed E-state index contributed by atoms with van der Waals surface area (Å²) in [6.07, 6.45) is 0. The molecule has 0 aliphatic heterocycles. The van der Waals surface area contributed by atoms with E-state index in [-0.39, 0.29) is 0 Å². The van der Waals surface area contributed by atoms with E-state index < -0.39 is 0 Å². The fourth-order valence-electron chi connectivity index (χ4n) is 5.83. The molecule has 0 amide bonds. The van der Waals surface area contributed by atoms with Gasteiger partial charge >= 0.3 is 0 Å². The van der Waals surface area contributed by atoms with Crippen LogP contribution in [-0.4, -0.2) is 0 Å². The van der Waals surface area contributed by atoms with Crippen LogP contribution in [0.2, 0.25) is 0 Å². The minimum absolute atomic E-state index is 0.705. The highest BCUT2D eigenvalue weighted by Crippen LogP contribution is 2.41. The highest BCUT2D eigenvalue weighted by atomic mass is 32.1. The summed E-state index contributed by atoms with van der Waals surface area (Å²) in [6, 6.07) is 43.9. The summed E-state index contributed by atoms with van der Waals surface area (Å²) in [5, 5.41) is 19.5. The molecule has 0 unspecified atom stereocenters. The highest BCUT2D eigenvalue weighted by Gasteiger charge is 2.13. The maximum atomic E-state index is 9.40. The Hall–Kier alpha value is -4.71. The first-order chi connectivity index (χ1) is 18.2. The van der Waals surface area contributed by atoms with Gasteiger partial charge < -0.3 is 0 Å². The molecule has 0 saturated heterocycles. The summed E-state index contributed by atoms with van der Waals surface area (Å²) in [7, 11) is 0. The summed E-state index contributed by atoms with van der Waals surface area (Å²) < 4.78 is 2.47. The third-order valence-corrected chi connectivity index (χ3v) is 8.72. The lowest BCUT2D eigenvalue weighted by Crippen LogP contribution is -1.87. The molecule has 0 bridgehead atoms. The van der Waals surface area contributed by atoms with Crippen LogP contribution in [0.25, 0.3) is 74.7 Å². The fourth-order valence-corrected chi connectivity index (χ4v) is 6.89. The largest absolute Gasteiger partial charge is 0.192 e. The zero-order valence-corrected chi connectivity index (χ0v) is 20.6. The molecule has 8 aromatic rings. The van der Waals surface area contributed by atoms with Crippen molar-refractivity contribution >= 4 is 63.8 Å². The van der Waals surface area contributed by atoms with Crippen molar-refractivity contribution in [3.05, 3.63) is 121 Å². The molecule has 2 heteroatoms. The van der Waals surface area contributed by atoms with Crippen LogP contribution in [0, 0.1) is 11.3 Å². The van der Waals surface area contributed by atoms with E-state index in [1.807, 2.05) is 12.1 Å². The molecule has 0 aliphatic rings. The quantitative estimate of drug-likeness (QED) is 0.223. The molecular formula is C35H19NS. The number of rotatable bonds is 2. The molecular weight excluding hydrogens is 466 g/mol. The number of nitrogens with zero attached hydrogens (tertiary/aromatic N) is 1. The molecule has 0 N–H and O–H groups in total. The molecule has 0 atom stereocenters. The van der Waals surface area contributed by atoms with E-state index in [2.05, 4.69) is 109 Å². The predicted octanol–water partition coefficient (Wildman–Crippen LogP) is 10.2. The van der Waals surface area contributed by atoms with Crippen molar-refractivity contribution in [2.24, 2.45) is 0 Å². The molecule has 170 valence electrons. The van der Waals surface area contributed by atoms with Crippen molar-refractivity contribution in [2.45, 2.75) is 0 Å². The Morgan fingerprint density at radius 3 is 1.59 bits per heavy atom. The zero-order valence-electron chi connectivity index (χ0n) is 19.8. The van der Waals surface area contributed by atoms with E-state index >= 15 is 0 Å². The van der Waals surface area contributed by atoms with Crippen LogP contribution in [0.15, 0.2) is 115 Å². The standard InChI is InChI=1S/C35H19NS/c36-20-21-6-12-32-30(14-21)31-19-23(11-13-33(31)37-32)29-17-26-9-7-24-15-28(22-4-2-1-3-5-22)16-25-8-10-27(18-29)35(26)34(24)25/h1-19H. The van der Waals surface area contributed by atoms with Crippen molar-refractivity contribution in [1.29, 1.82) is 5.26 Å². The van der Waals surface area contributed by atoms with Crippen molar-refractivity contribution in [2.75, 3.05) is 0 Å². The second-order valence-corrected chi connectivity index (χ2v) is 10.8. The van der Waals surface area contributed by atoms with Crippen molar-refractivity contribution in [1.82, 2.24) is 0 Å². The van der Waals surface area contributed by atoms with Crippen LogP contribution >= 0.6 is 11.3 Å². The van der Waals surface area contributed by atoms with Gasteiger partial charge in [-0.2, -0.15) is 5.26 Å². The smallest absolute Gasteiger partial charge is 0.0991 e. The van der Waals surface area contributed by atoms with Gasteiger partial charge in [0, 0.05) is 20.2 Å². The van der Waals surface area contributed by atoms with Crippen LogP contribution in [0.4, 0.5) is 0 Å². The van der Waals surface area contributed by atoms with Crippen molar-refractivity contribution < 1.29 is 0 Å². The fraction of sp³-hybridized carbons (Fsp3) is 0. The summed E-state index contributed by atoms with van der Waals surface area (Å²) in [6.45, 7) is 0. The third-order valence-electron chi connectivity index (χ3n) is 7.57. The maximum Gasteiger partial charge on any atom is 0.0991 e. The van der Waals surface area contributed by atoms with Gasteiger partial charge in [0.15, 0.2) is 0 Å². The number of hydrogen-bond acceptors (Lipinski definition) is 2. The monoisotopic (exact) mass is 485 g/mol. The van der Waals surface area contributed by atoms with Gasteiger partial charge in [0.1, 0.15) is 0 Å². The maximum absolute atomic E-state index is 9.40. The number of nitriles is 1. The van der Waals surface area contributed by atoms with Gasteiger partial charge in [0.05, 0.1) is 11.6 Å². The van der Waals surface area contributed by atoms with Gasteiger partial charge in [-0.25, -0.2) is 0 Å². The molecule has 0 aliphatic carbocycles. The van der Waals surface area contributed by atoms with E-state index in [1.165, 1.54) is 69.4 Å². The van der Waals surface area contributed by atoms with Gasteiger partial charge in [-0.15, -0.1) is 11.3 Å². The van der Waals surface area contributed by atoms with E-state index in [0.29, 0.717) is 5.56 Å².